The number of nitrogens with zero attached hydrogens (tertiary/aromatic N) is 1. The SMILES string of the molecule is C[C@@H]1CN(C(=O)Cl)C[C@H]1C. The highest BCUT2D eigenvalue weighted by Gasteiger charge is 2.28. The molecule has 1 fully saturated rings. The molecule has 0 aliphatic carbocycles. The van der Waals surface area contributed by atoms with Crippen molar-refractivity contribution in [2.75, 3.05) is 13.1 Å². The molecule has 0 aromatic rings. The normalized spacial score (nSPS) is 32.9. The van der Waals surface area contributed by atoms with E-state index in [4.69, 9.17) is 11.6 Å². The number of carbonyl (C=O) groups excluding carboxylic acids is 1. The molecule has 1 amide bonds. The van der Waals surface area contributed by atoms with Crippen LogP contribution in [0.15, 0.2) is 0 Å². The van der Waals surface area contributed by atoms with Crippen LogP contribution in [0.25, 0.3) is 0 Å². The Morgan fingerprint density at radius 1 is 1.40 bits per heavy atom. The van der Waals surface area contributed by atoms with Crippen molar-refractivity contribution >= 4 is 17.0 Å². The van der Waals surface area contributed by atoms with Gasteiger partial charge >= 0.3 is 5.37 Å². The molecule has 0 N–H and O–H groups in total. The summed E-state index contributed by atoms with van der Waals surface area (Å²) < 4.78 is 0. The first kappa shape index (κ1) is 7.86. The van der Waals surface area contributed by atoms with E-state index in [1.54, 1.807) is 4.90 Å². The van der Waals surface area contributed by atoms with Crippen LogP contribution in [0, 0.1) is 11.8 Å². The van der Waals surface area contributed by atoms with Crippen LogP contribution in [0.4, 0.5) is 4.79 Å². The third-order valence-electron chi connectivity index (χ3n) is 2.24. The van der Waals surface area contributed by atoms with E-state index in [1.165, 1.54) is 0 Å². The van der Waals surface area contributed by atoms with Crippen molar-refractivity contribution in [3.05, 3.63) is 0 Å². The number of hydrogen-bond donors (Lipinski definition) is 0. The predicted molar refractivity (Wildman–Crippen MR) is 41.2 cm³/mol. The summed E-state index contributed by atoms with van der Waals surface area (Å²) in [5.41, 5.74) is 0. The molecule has 1 aliphatic heterocycles. The van der Waals surface area contributed by atoms with Gasteiger partial charge in [0.25, 0.3) is 0 Å². The second kappa shape index (κ2) is 2.79. The molecule has 2 nitrogen and oxygen atoms in total. The topological polar surface area (TPSA) is 20.3 Å². The first-order valence-electron chi connectivity index (χ1n) is 3.55. The maximum atomic E-state index is 10.6. The fourth-order valence-electron chi connectivity index (χ4n) is 1.27. The standard InChI is InChI=1S/C7H12ClNO/c1-5-3-9(7(8)10)4-6(5)2/h5-6H,3-4H2,1-2H3/t5-,6-/m1/s1. The van der Waals surface area contributed by atoms with E-state index in [0.29, 0.717) is 11.8 Å². The number of amides is 1. The van der Waals surface area contributed by atoms with Gasteiger partial charge in [-0.05, 0) is 23.4 Å². The van der Waals surface area contributed by atoms with Crippen molar-refractivity contribution in [1.29, 1.82) is 0 Å². The molecule has 1 heterocycles. The Bertz CT molecular complexity index is 139. The summed E-state index contributed by atoms with van der Waals surface area (Å²) >= 11 is 5.30. The third-order valence-corrected chi connectivity index (χ3v) is 2.48. The highest BCUT2D eigenvalue weighted by atomic mass is 35.5. The quantitative estimate of drug-likeness (QED) is 0.393. The molecule has 3 heteroatoms. The van der Waals surface area contributed by atoms with Crippen LogP contribution >= 0.6 is 11.6 Å². The summed E-state index contributed by atoms with van der Waals surface area (Å²) in [4.78, 5) is 12.3. The molecular formula is C7H12ClNO. The maximum Gasteiger partial charge on any atom is 0.316 e. The number of hydrogen-bond acceptors (Lipinski definition) is 1. The smallest absolute Gasteiger partial charge is 0.316 e. The minimum Gasteiger partial charge on any atom is -0.329 e. The Morgan fingerprint density at radius 3 is 2.00 bits per heavy atom. The maximum absolute atomic E-state index is 10.6. The van der Waals surface area contributed by atoms with Crippen LogP contribution in [-0.2, 0) is 0 Å². The van der Waals surface area contributed by atoms with E-state index in [2.05, 4.69) is 13.8 Å². The van der Waals surface area contributed by atoms with Crippen LogP contribution in [0.2, 0.25) is 0 Å². The first-order valence-corrected chi connectivity index (χ1v) is 3.93. The number of rotatable bonds is 0. The Kier molecular flexibility index (Phi) is 2.19. The van der Waals surface area contributed by atoms with E-state index in [1.807, 2.05) is 0 Å². The van der Waals surface area contributed by atoms with Crippen molar-refractivity contribution in [2.24, 2.45) is 11.8 Å². The van der Waals surface area contributed by atoms with E-state index in [9.17, 15) is 4.79 Å². The number of likely N-dealkylation sites (tertiary alicyclic amines) is 1. The predicted octanol–water partition coefficient (Wildman–Crippen LogP) is 1.93. The fraction of sp³-hybridized carbons (Fsp3) is 0.857. The summed E-state index contributed by atoms with van der Waals surface area (Å²) in [5, 5.41) is -0.309. The molecule has 1 saturated heterocycles. The summed E-state index contributed by atoms with van der Waals surface area (Å²) in [6.45, 7) is 5.93. The van der Waals surface area contributed by atoms with Crippen molar-refractivity contribution < 1.29 is 4.79 Å². The molecule has 1 aliphatic rings. The van der Waals surface area contributed by atoms with Crippen molar-refractivity contribution in [1.82, 2.24) is 4.90 Å². The van der Waals surface area contributed by atoms with Gasteiger partial charge in [0.2, 0.25) is 0 Å². The van der Waals surface area contributed by atoms with Crippen LogP contribution in [0.3, 0.4) is 0 Å². The van der Waals surface area contributed by atoms with Gasteiger partial charge in [-0.2, -0.15) is 0 Å². The summed E-state index contributed by atoms with van der Waals surface area (Å²) in [7, 11) is 0. The van der Waals surface area contributed by atoms with Gasteiger partial charge < -0.3 is 4.90 Å². The molecule has 2 atom stereocenters. The van der Waals surface area contributed by atoms with Crippen LogP contribution < -0.4 is 0 Å². The molecule has 0 aromatic carbocycles. The average molecular weight is 162 g/mol. The second-order valence-electron chi connectivity index (χ2n) is 3.11. The lowest BCUT2D eigenvalue weighted by Gasteiger charge is -2.09. The molecule has 1 rings (SSSR count). The Balaban J connectivity index is 2.49. The largest absolute Gasteiger partial charge is 0.329 e. The molecule has 10 heavy (non-hydrogen) atoms. The lowest BCUT2D eigenvalue weighted by atomic mass is 10.0. The molecule has 58 valence electrons. The first-order chi connectivity index (χ1) is 4.61. The van der Waals surface area contributed by atoms with Crippen molar-refractivity contribution in [3.8, 4) is 0 Å². The summed E-state index contributed by atoms with van der Waals surface area (Å²) in [5.74, 6) is 1.20. The lowest BCUT2D eigenvalue weighted by Crippen LogP contribution is -2.22. The average Bonchev–Trinajstić information content (AvgIpc) is 2.13. The molecule has 0 bridgehead atoms. The van der Waals surface area contributed by atoms with Crippen molar-refractivity contribution in [3.63, 3.8) is 0 Å². The van der Waals surface area contributed by atoms with Gasteiger partial charge in [-0.1, -0.05) is 13.8 Å². The zero-order valence-electron chi connectivity index (χ0n) is 6.30. The van der Waals surface area contributed by atoms with E-state index in [-0.39, 0.29) is 5.37 Å². The Labute approximate surface area is 66.1 Å². The molecule has 0 radical (unpaired) electrons. The van der Waals surface area contributed by atoms with Gasteiger partial charge in [-0.3, -0.25) is 4.79 Å². The number of halogens is 1. The number of carbonyl (C=O) groups is 1. The van der Waals surface area contributed by atoms with Gasteiger partial charge in [0.05, 0.1) is 0 Å². The highest BCUT2D eigenvalue weighted by Crippen LogP contribution is 2.22. The monoisotopic (exact) mass is 161 g/mol. The minimum atomic E-state index is -0.309. The van der Waals surface area contributed by atoms with Gasteiger partial charge in [-0.15, -0.1) is 0 Å². The summed E-state index contributed by atoms with van der Waals surface area (Å²) in [6.07, 6.45) is 0. The zero-order valence-corrected chi connectivity index (χ0v) is 7.06. The highest BCUT2D eigenvalue weighted by molar-refractivity contribution is 6.62. The molecule has 0 unspecified atom stereocenters. The third kappa shape index (κ3) is 1.43. The summed E-state index contributed by atoms with van der Waals surface area (Å²) in [6, 6.07) is 0. The Morgan fingerprint density at radius 2 is 1.80 bits per heavy atom. The minimum absolute atomic E-state index is 0.309. The van der Waals surface area contributed by atoms with E-state index < -0.39 is 0 Å². The fourth-order valence-corrected chi connectivity index (χ4v) is 1.41. The van der Waals surface area contributed by atoms with Crippen LogP contribution in [0.1, 0.15) is 13.8 Å². The van der Waals surface area contributed by atoms with Gasteiger partial charge in [0, 0.05) is 13.1 Å². The van der Waals surface area contributed by atoms with Gasteiger partial charge in [0.15, 0.2) is 0 Å². The van der Waals surface area contributed by atoms with Gasteiger partial charge in [0.1, 0.15) is 0 Å². The zero-order chi connectivity index (χ0) is 7.72. The molecule has 0 aromatic heterocycles. The molecule has 0 spiro atoms. The van der Waals surface area contributed by atoms with Crippen LogP contribution in [-0.4, -0.2) is 23.4 Å². The van der Waals surface area contributed by atoms with E-state index >= 15 is 0 Å². The lowest BCUT2D eigenvalue weighted by molar-refractivity contribution is 0.230. The van der Waals surface area contributed by atoms with Crippen molar-refractivity contribution in [2.45, 2.75) is 13.8 Å². The van der Waals surface area contributed by atoms with E-state index in [0.717, 1.165) is 13.1 Å². The van der Waals surface area contributed by atoms with Crippen LogP contribution in [0.5, 0.6) is 0 Å². The molecular weight excluding hydrogens is 150 g/mol. The second-order valence-corrected chi connectivity index (χ2v) is 3.44. The Hall–Kier alpha value is -0.240. The molecule has 0 saturated carbocycles. The van der Waals surface area contributed by atoms with Gasteiger partial charge in [-0.25, -0.2) is 0 Å².